The molecule has 2 rings (SSSR count). The minimum absolute atomic E-state index is 0.0322. The molecular formula is C15H17NO3S. The first-order valence-corrected chi connectivity index (χ1v) is 7.27. The number of ether oxygens (including phenoxy) is 2. The van der Waals surface area contributed by atoms with Crippen LogP contribution in [0.2, 0.25) is 0 Å². The summed E-state index contributed by atoms with van der Waals surface area (Å²) in [6, 6.07) is 5.19. The third-order valence-electron chi connectivity index (χ3n) is 2.85. The Morgan fingerprint density at radius 3 is 2.80 bits per heavy atom. The molecule has 4 nitrogen and oxygen atoms in total. The summed E-state index contributed by atoms with van der Waals surface area (Å²) in [5.74, 6) is 1.16. The topological polar surface area (TPSA) is 48.4 Å². The lowest BCUT2D eigenvalue weighted by atomic mass is 10.1. The van der Waals surface area contributed by atoms with Gasteiger partial charge in [0.15, 0.2) is 5.78 Å². The molecule has 5 heteroatoms. The fourth-order valence-electron chi connectivity index (χ4n) is 1.77. The zero-order chi connectivity index (χ0) is 14.5. The lowest BCUT2D eigenvalue weighted by Gasteiger charge is -2.10. The molecule has 1 aromatic heterocycles. The highest BCUT2D eigenvalue weighted by Gasteiger charge is 2.11. The largest absolute Gasteiger partial charge is 0.497 e. The number of aryl methyl sites for hydroxylation is 1. The molecule has 106 valence electrons. The Morgan fingerprint density at radius 1 is 1.40 bits per heavy atom. The summed E-state index contributed by atoms with van der Waals surface area (Å²) in [5.41, 5.74) is 1.43. The van der Waals surface area contributed by atoms with Crippen molar-refractivity contribution < 1.29 is 14.3 Å². The molecule has 0 aliphatic heterocycles. The first-order chi connectivity index (χ1) is 9.63. The minimum Gasteiger partial charge on any atom is -0.497 e. The number of hydrogen-bond acceptors (Lipinski definition) is 5. The van der Waals surface area contributed by atoms with Gasteiger partial charge in [0.05, 0.1) is 23.4 Å². The van der Waals surface area contributed by atoms with E-state index < -0.39 is 0 Å². The second-order valence-electron chi connectivity index (χ2n) is 4.29. The molecule has 0 spiro atoms. The normalized spacial score (nSPS) is 10.3. The molecule has 0 aliphatic rings. The smallest absolute Gasteiger partial charge is 0.163 e. The van der Waals surface area contributed by atoms with Crippen LogP contribution in [0, 0.1) is 0 Å². The number of carbonyl (C=O) groups is 1. The van der Waals surface area contributed by atoms with Crippen LogP contribution in [0.25, 0.3) is 0 Å². The average molecular weight is 291 g/mol. The number of benzene rings is 1. The number of ketones is 1. The highest BCUT2D eigenvalue weighted by molar-refractivity contribution is 7.09. The van der Waals surface area contributed by atoms with E-state index in [-0.39, 0.29) is 5.78 Å². The fraction of sp³-hybridized carbons (Fsp3) is 0.333. The van der Waals surface area contributed by atoms with E-state index in [0.717, 1.165) is 17.1 Å². The van der Waals surface area contributed by atoms with Gasteiger partial charge in [-0.1, -0.05) is 6.92 Å². The van der Waals surface area contributed by atoms with Crippen molar-refractivity contribution in [3.05, 3.63) is 39.8 Å². The molecule has 2 aromatic rings. The summed E-state index contributed by atoms with van der Waals surface area (Å²) >= 11 is 1.62. The Labute approximate surface area is 122 Å². The monoisotopic (exact) mass is 291 g/mol. The second-order valence-corrected chi connectivity index (χ2v) is 5.24. The van der Waals surface area contributed by atoms with E-state index in [2.05, 4.69) is 11.9 Å². The van der Waals surface area contributed by atoms with Crippen molar-refractivity contribution in [1.82, 2.24) is 4.98 Å². The van der Waals surface area contributed by atoms with Gasteiger partial charge in [0.1, 0.15) is 18.1 Å². The number of Topliss-reactive ketones (excluding diaryl/α,β-unsaturated/α-hetero) is 1. The van der Waals surface area contributed by atoms with Crippen LogP contribution >= 0.6 is 11.3 Å². The minimum atomic E-state index is -0.0322. The average Bonchev–Trinajstić information content (AvgIpc) is 2.92. The SMILES string of the molecule is CCc1nc(COc2cc(OC)ccc2C(C)=O)cs1. The van der Waals surface area contributed by atoms with Crippen LogP contribution in [0.3, 0.4) is 0 Å². The van der Waals surface area contributed by atoms with Crippen LogP contribution in [-0.2, 0) is 13.0 Å². The van der Waals surface area contributed by atoms with E-state index in [9.17, 15) is 4.79 Å². The summed E-state index contributed by atoms with van der Waals surface area (Å²) in [5, 5.41) is 3.06. The summed E-state index contributed by atoms with van der Waals surface area (Å²) in [4.78, 5) is 16.0. The van der Waals surface area contributed by atoms with E-state index in [1.165, 1.54) is 6.92 Å². The molecule has 0 amide bonds. The van der Waals surface area contributed by atoms with Gasteiger partial charge in [0, 0.05) is 11.4 Å². The number of carbonyl (C=O) groups excluding carboxylic acids is 1. The first kappa shape index (κ1) is 14.5. The van der Waals surface area contributed by atoms with Gasteiger partial charge in [-0.05, 0) is 25.5 Å². The first-order valence-electron chi connectivity index (χ1n) is 6.39. The third kappa shape index (κ3) is 3.36. The van der Waals surface area contributed by atoms with Gasteiger partial charge >= 0.3 is 0 Å². The number of nitrogens with zero attached hydrogens (tertiary/aromatic N) is 1. The van der Waals surface area contributed by atoms with E-state index in [1.807, 2.05) is 5.38 Å². The van der Waals surface area contributed by atoms with Gasteiger partial charge in [-0.2, -0.15) is 0 Å². The molecule has 0 saturated carbocycles. The maximum atomic E-state index is 11.6. The molecule has 0 unspecified atom stereocenters. The van der Waals surface area contributed by atoms with Gasteiger partial charge in [-0.25, -0.2) is 4.98 Å². The maximum Gasteiger partial charge on any atom is 0.163 e. The van der Waals surface area contributed by atoms with Crippen LogP contribution in [0.4, 0.5) is 0 Å². The van der Waals surface area contributed by atoms with Crippen molar-refractivity contribution in [3.63, 3.8) is 0 Å². The Morgan fingerprint density at radius 2 is 2.20 bits per heavy atom. The fourth-order valence-corrected chi connectivity index (χ4v) is 2.50. The number of methoxy groups -OCH3 is 1. The van der Waals surface area contributed by atoms with Crippen LogP contribution in [0.15, 0.2) is 23.6 Å². The summed E-state index contributed by atoms with van der Waals surface area (Å²) < 4.78 is 10.9. The molecule has 0 bridgehead atoms. The van der Waals surface area contributed by atoms with E-state index in [4.69, 9.17) is 9.47 Å². The standard InChI is InChI=1S/C15H17NO3S/c1-4-15-16-11(9-20-15)8-19-14-7-12(18-3)5-6-13(14)10(2)17/h5-7,9H,4,8H2,1-3H3. The Balaban J connectivity index is 2.16. The molecule has 0 aliphatic carbocycles. The zero-order valence-electron chi connectivity index (χ0n) is 11.8. The number of hydrogen-bond donors (Lipinski definition) is 0. The lowest BCUT2D eigenvalue weighted by Crippen LogP contribution is -2.02. The Bertz CT molecular complexity index is 607. The molecular weight excluding hydrogens is 274 g/mol. The molecule has 0 N–H and O–H groups in total. The van der Waals surface area contributed by atoms with Gasteiger partial charge in [0.25, 0.3) is 0 Å². The summed E-state index contributed by atoms with van der Waals surface area (Å²) in [7, 11) is 1.58. The lowest BCUT2D eigenvalue weighted by molar-refractivity contribution is 0.101. The quantitative estimate of drug-likeness (QED) is 0.764. The van der Waals surface area contributed by atoms with E-state index >= 15 is 0 Å². The highest BCUT2D eigenvalue weighted by atomic mass is 32.1. The Hall–Kier alpha value is -1.88. The van der Waals surface area contributed by atoms with E-state index in [0.29, 0.717) is 23.7 Å². The highest BCUT2D eigenvalue weighted by Crippen LogP contribution is 2.26. The number of thiazole rings is 1. The van der Waals surface area contributed by atoms with Crippen molar-refractivity contribution in [2.75, 3.05) is 7.11 Å². The van der Waals surface area contributed by atoms with Crippen molar-refractivity contribution in [1.29, 1.82) is 0 Å². The Kier molecular flexibility index (Phi) is 4.74. The van der Waals surface area contributed by atoms with Gasteiger partial charge < -0.3 is 9.47 Å². The van der Waals surface area contributed by atoms with Crippen LogP contribution in [0.1, 0.15) is 34.9 Å². The summed E-state index contributed by atoms with van der Waals surface area (Å²) in [6.45, 7) is 3.94. The molecule has 0 radical (unpaired) electrons. The molecule has 0 fully saturated rings. The van der Waals surface area contributed by atoms with Crippen molar-refractivity contribution in [3.8, 4) is 11.5 Å². The molecule has 1 aromatic carbocycles. The van der Waals surface area contributed by atoms with Gasteiger partial charge in [-0.3, -0.25) is 4.79 Å². The maximum absolute atomic E-state index is 11.6. The van der Waals surface area contributed by atoms with Crippen LogP contribution in [-0.4, -0.2) is 17.9 Å². The predicted octanol–water partition coefficient (Wildman–Crippen LogP) is 3.50. The molecule has 20 heavy (non-hydrogen) atoms. The van der Waals surface area contributed by atoms with Crippen molar-refractivity contribution in [2.24, 2.45) is 0 Å². The predicted molar refractivity (Wildman–Crippen MR) is 78.8 cm³/mol. The summed E-state index contributed by atoms with van der Waals surface area (Å²) in [6.07, 6.45) is 0.919. The third-order valence-corrected chi connectivity index (χ3v) is 3.89. The second kappa shape index (κ2) is 6.52. The van der Waals surface area contributed by atoms with Gasteiger partial charge in [-0.15, -0.1) is 11.3 Å². The molecule has 0 atom stereocenters. The van der Waals surface area contributed by atoms with Crippen LogP contribution in [0.5, 0.6) is 11.5 Å². The zero-order valence-corrected chi connectivity index (χ0v) is 12.6. The number of aromatic nitrogens is 1. The molecule has 1 heterocycles. The number of rotatable bonds is 6. The van der Waals surface area contributed by atoms with Crippen LogP contribution < -0.4 is 9.47 Å². The van der Waals surface area contributed by atoms with Gasteiger partial charge in [0.2, 0.25) is 0 Å². The molecule has 0 saturated heterocycles. The van der Waals surface area contributed by atoms with E-state index in [1.54, 1.807) is 36.6 Å². The van der Waals surface area contributed by atoms with Crippen molar-refractivity contribution >= 4 is 17.1 Å². The van der Waals surface area contributed by atoms with Crippen molar-refractivity contribution in [2.45, 2.75) is 26.9 Å².